The summed E-state index contributed by atoms with van der Waals surface area (Å²) in [6, 6.07) is 0. The van der Waals surface area contributed by atoms with Gasteiger partial charge in [-0.05, 0) is 50.5 Å². The fourth-order valence-corrected chi connectivity index (χ4v) is 4.29. The SMILES string of the molecule is O=C(C[C@H]1CCCC[C@]1(O)C1=CCCC1)N1CCCC1. The molecule has 1 N–H and O–H groups in total. The predicted molar refractivity (Wildman–Crippen MR) is 79.3 cm³/mol. The van der Waals surface area contributed by atoms with Gasteiger partial charge in [0.25, 0.3) is 0 Å². The predicted octanol–water partition coefficient (Wildman–Crippen LogP) is 3.03. The maximum Gasteiger partial charge on any atom is 0.222 e. The number of rotatable bonds is 3. The van der Waals surface area contributed by atoms with E-state index >= 15 is 0 Å². The summed E-state index contributed by atoms with van der Waals surface area (Å²) in [7, 11) is 0. The number of hydrogen-bond donors (Lipinski definition) is 1. The summed E-state index contributed by atoms with van der Waals surface area (Å²) < 4.78 is 0. The summed E-state index contributed by atoms with van der Waals surface area (Å²) in [6.07, 6.45) is 12.5. The standard InChI is InChI=1S/C17H27NO2/c19-16(18-11-5-6-12-18)13-15-9-3-4-10-17(15,20)14-7-1-2-8-14/h7,15,20H,1-6,8-13H2/t15-,17+/m1/s1. The van der Waals surface area contributed by atoms with Gasteiger partial charge in [0, 0.05) is 25.4 Å². The number of carbonyl (C=O) groups is 1. The molecule has 1 saturated carbocycles. The number of nitrogens with zero attached hydrogens (tertiary/aromatic N) is 1. The van der Waals surface area contributed by atoms with E-state index in [4.69, 9.17) is 0 Å². The van der Waals surface area contributed by atoms with Gasteiger partial charge < -0.3 is 10.0 Å². The molecule has 0 spiro atoms. The molecule has 20 heavy (non-hydrogen) atoms. The molecule has 112 valence electrons. The van der Waals surface area contributed by atoms with Crippen molar-refractivity contribution in [1.82, 2.24) is 4.90 Å². The number of allylic oxidation sites excluding steroid dienone is 1. The Morgan fingerprint density at radius 3 is 2.75 bits per heavy atom. The molecular formula is C17H27NO2. The number of amides is 1. The molecule has 0 aromatic carbocycles. The number of hydrogen-bond acceptors (Lipinski definition) is 2. The van der Waals surface area contributed by atoms with Crippen molar-refractivity contribution in [3.8, 4) is 0 Å². The van der Waals surface area contributed by atoms with Crippen LogP contribution in [0.3, 0.4) is 0 Å². The van der Waals surface area contributed by atoms with E-state index in [9.17, 15) is 9.90 Å². The Morgan fingerprint density at radius 2 is 2.05 bits per heavy atom. The van der Waals surface area contributed by atoms with Crippen LogP contribution in [0, 0.1) is 5.92 Å². The minimum Gasteiger partial charge on any atom is -0.385 e. The van der Waals surface area contributed by atoms with E-state index in [2.05, 4.69) is 6.08 Å². The number of likely N-dealkylation sites (tertiary alicyclic amines) is 1. The molecule has 0 aromatic heterocycles. The second-order valence-corrected chi connectivity index (χ2v) is 6.78. The van der Waals surface area contributed by atoms with Crippen molar-refractivity contribution < 1.29 is 9.90 Å². The van der Waals surface area contributed by atoms with Crippen LogP contribution in [0.25, 0.3) is 0 Å². The molecule has 0 unspecified atom stereocenters. The van der Waals surface area contributed by atoms with Crippen molar-refractivity contribution in [1.29, 1.82) is 0 Å². The first-order valence-corrected chi connectivity index (χ1v) is 8.40. The van der Waals surface area contributed by atoms with Crippen molar-refractivity contribution in [3.05, 3.63) is 11.6 Å². The lowest BCUT2D eigenvalue weighted by atomic mass is 9.69. The Hall–Kier alpha value is -0.830. The van der Waals surface area contributed by atoms with Crippen LogP contribution in [0.4, 0.5) is 0 Å². The second-order valence-electron chi connectivity index (χ2n) is 6.78. The van der Waals surface area contributed by atoms with Gasteiger partial charge in [-0.25, -0.2) is 0 Å². The van der Waals surface area contributed by atoms with E-state index in [-0.39, 0.29) is 11.8 Å². The Kier molecular flexibility index (Phi) is 4.16. The highest BCUT2D eigenvalue weighted by molar-refractivity contribution is 5.77. The average Bonchev–Trinajstić information content (AvgIpc) is 3.15. The van der Waals surface area contributed by atoms with Crippen LogP contribution < -0.4 is 0 Å². The van der Waals surface area contributed by atoms with Gasteiger partial charge in [0.1, 0.15) is 0 Å². The second kappa shape index (κ2) is 5.88. The van der Waals surface area contributed by atoms with Gasteiger partial charge in [-0.15, -0.1) is 0 Å². The molecule has 2 atom stereocenters. The van der Waals surface area contributed by atoms with Crippen LogP contribution in [0.2, 0.25) is 0 Å². The molecular weight excluding hydrogens is 250 g/mol. The van der Waals surface area contributed by atoms with E-state index in [1.165, 1.54) is 12.0 Å². The topological polar surface area (TPSA) is 40.5 Å². The van der Waals surface area contributed by atoms with E-state index in [0.29, 0.717) is 6.42 Å². The van der Waals surface area contributed by atoms with Gasteiger partial charge in [-0.1, -0.05) is 18.9 Å². The summed E-state index contributed by atoms with van der Waals surface area (Å²) in [5.74, 6) is 0.417. The Balaban J connectivity index is 1.70. The summed E-state index contributed by atoms with van der Waals surface area (Å²) in [5.41, 5.74) is 0.556. The van der Waals surface area contributed by atoms with E-state index < -0.39 is 5.60 Å². The minimum absolute atomic E-state index is 0.147. The molecule has 3 aliphatic rings. The van der Waals surface area contributed by atoms with Gasteiger partial charge in [-0.3, -0.25) is 4.79 Å². The zero-order chi connectivity index (χ0) is 14.0. The Morgan fingerprint density at radius 1 is 1.25 bits per heavy atom. The minimum atomic E-state index is -0.676. The normalized spacial score (nSPS) is 34.4. The van der Waals surface area contributed by atoms with E-state index in [1.54, 1.807) is 0 Å². The fraction of sp³-hybridized carbons (Fsp3) is 0.824. The van der Waals surface area contributed by atoms with Gasteiger partial charge >= 0.3 is 0 Å². The zero-order valence-corrected chi connectivity index (χ0v) is 12.4. The summed E-state index contributed by atoms with van der Waals surface area (Å²) in [5, 5.41) is 11.2. The van der Waals surface area contributed by atoms with E-state index in [0.717, 1.165) is 64.5 Å². The van der Waals surface area contributed by atoms with Gasteiger partial charge in [0.15, 0.2) is 0 Å². The van der Waals surface area contributed by atoms with E-state index in [1.807, 2.05) is 4.90 Å². The lowest BCUT2D eigenvalue weighted by Gasteiger charge is -2.41. The largest absolute Gasteiger partial charge is 0.385 e. The molecule has 0 aromatic rings. The lowest BCUT2D eigenvalue weighted by molar-refractivity contribution is -0.134. The number of carbonyl (C=O) groups excluding carboxylic acids is 1. The van der Waals surface area contributed by atoms with Crippen LogP contribution in [-0.4, -0.2) is 34.6 Å². The monoisotopic (exact) mass is 277 g/mol. The molecule has 1 heterocycles. The first-order valence-electron chi connectivity index (χ1n) is 8.40. The fourth-order valence-electron chi connectivity index (χ4n) is 4.29. The molecule has 2 aliphatic carbocycles. The van der Waals surface area contributed by atoms with Crippen molar-refractivity contribution >= 4 is 5.91 Å². The third-order valence-electron chi connectivity index (χ3n) is 5.51. The van der Waals surface area contributed by atoms with Crippen molar-refractivity contribution in [2.75, 3.05) is 13.1 Å². The third kappa shape index (κ3) is 2.65. The van der Waals surface area contributed by atoms with Crippen LogP contribution >= 0.6 is 0 Å². The maximum absolute atomic E-state index is 12.4. The molecule has 3 nitrogen and oxygen atoms in total. The Labute approximate surface area is 122 Å². The average molecular weight is 277 g/mol. The zero-order valence-electron chi connectivity index (χ0n) is 12.4. The summed E-state index contributed by atoms with van der Waals surface area (Å²) in [6.45, 7) is 1.85. The summed E-state index contributed by atoms with van der Waals surface area (Å²) in [4.78, 5) is 14.4. The summed E-state index contributed by atoms with van der Waals surface area (Å²) >= 11 is 0. The molecule has 1 saturated heterocycles. The molecule has 3 rings (SSSR count). The van der Waals surface area contributed by atoms with Crippen LogP contribution in [0.1, 0.15) is 64.2 Å². The Bertz CT molecular complexity index is 398. The van der Waals surface area contributed by atoms with Gasteiger partial charge in [0.2, 0.25) is 5.91 Å². The van der Waals surface area contributed by atoms with Crippen molar-refractivity contribution in [2.45, 2.75) is 69.8 Å². The molecule has 1 aliphatic heterocycles. The van der Waals surface area contributed by atoms with Crippen molar-refractivity contribution in [3.63, 3.8) is 0 Å². The molecule has 2 fully saturated rings. The lowest BCUT2D eigenvalue weighted by Crippen LogP contribution is -2.44. The van der Waals surface area contributed by atoms with Crippen LogP contribution in [-0.2, 0) is 4.79 Å². The highest BCUT2D eigenvalue weighted by Crippen LogP contribution is 2.44. The van der Waals surface area contributed by atoms with Crippen molar-refractivity contribution in [2.24, 2.45) is 5.92 Å². The first-order chi connectivity index (χ1) is 9.70. The molecule has 0 radical (unpaired) electrons. The molecule has 0 bridgehead atoms. The highest BCUT2D eigenvalue weighted by Gasteiger charge is 2.43. The van der Waals surface area contributed by atoms with Crippen LogP contribution in [0.15, 0.2) is 11.6 Å². The smallest absolute Gasteiger partial charge is 0.222 e. The van der Waals surface area contributed by atoms with Gasteiger partial charge in [-0.2, -0.15) is 0 Å². The molecule has 1 amide bonds. The molecule has 3 heteroatoms. The first kappa shape index (κ1) is 14.1. The number of aliphatic hydroxyl groups is 1. The highest BCUT2D eigenvalue weighted by atomic mass is 16.3. The quantitative estimate of drug-likeness (QED) is 0.806. The third-order valence-corrected chi connectivity index (χ3v) is 5.51. The maximum atomic E-state index is 12.4. The van der Waals surface area contributed by atoms with Gasteiger partial charge in [0.05, 0.1) is 5.60 Å². The van der Waals surface area contributed by atoms with Crippen LogP contribution in [0.5, 0.6) is 0 Å².